The molecular weight excluding hydrogens is 236 g/mol. The van der Waals surface area contributed by atoms with E-state index in [1.54, 1.807) is 18.4 Å². The van der Waals surface area contributed by atoms with E-state index in [9.17, 15) is 4.79 Å². The summed E-state index contributed by atoms with van der Waals surface area (Å²) >= 11 is 1.54. The summed E-state index contributed by atoms with van der Waals surface area (Å²) in [5, 5.41) is 6.23. The number of hydrogen-bond acceptors (Lipinski definition) is 4. The Morgan fingerprint density at radius 3 is 2.88 bits per heavy atom. The van der Waals surface area contributed by atoms with Crippen LogP contribution in [0.25, 0.3) is 0 Å². The number of aryl methyl sites for hydroxylation is 2. The third-order valence-electron chi connectivity index (χ3n) is 3.17. The molecule has 1 unspecified atom stereocenters. The van der Waals surface area contributed by atoms with Gasteiger partial charge in [-0.15, -0.1) is 11.3 Å². The zero-order valence-corrected chi connectivity index (χ0v) is 11.2. The van der Waals surface area contributed by atoms with Gasteiger partial charge in [0, 0.05) is 25.1 Å². The van der Waals surface area contributed by atoms with Crippen LogP contribution < -0.4 is 10.6 Å². The topological polar surface area (TPSA) is 50.4 Å². The van der Waals surface area contributed by atoms with Crippen LogP contribution in [0.4, 0.5) is 0 Å². The van der Waals surface area contributed by atoms with Crippen molar-refractivity contribution in [1.29, 1.82) is 0 Å². The fourth-order valence-corrected chi connectivity index (χ4v) is 2.91. The maximum absolute atomic E-state index is 12.0. The summed E-state index contributed by atoms with van der Waals surface area (Å²) in [7, 11) is 1.68. The molecule has 5 heteroatoms. The van der Waals surface area contributed by atoms with Gasteiger partial charge in [-0.2, -0.15) is 0 Å². The van der Waals surface area contributed by atoms with Crippen molar-refractivity contribution in [3.63, 3.8) is 0 Å². The molecular formula is C12H18N2O2S. The van der Waals surface area contributed by atoms with Gasteiger partial charge in [0.25, 0.3) is 5.91 Å². The molecule has 1 fully saturated rings. The van der Waals surface area contributed by atoms with Crippen LogP contribution in [0.2, 0.25) is 0 Å². The monoisotopic (exact) mass is 254 g/mol. The minimum absolute atomic E-state index is 0.00181. The molecule has 17 heavy (non-hydrogen) atoms. The Labute approximate surface area is 105 Å². The van der Waals surface area contributed by atoms with Crippen LogP contribution in [-0.2, 0) is 4.74 Å². The summed E-state index contributed by atoms with van der Waals surface area (Å²) in [4.78, 5) is 14.0. The minimum atomic E-state index is 0.00181. The van der Waals surface area contributed by atoms with E-state index in [1.165, 1.54) is 10.4 Å². The molecule has 1 aliphatic rings. The third-order valence-corrected chi connectivity index (χ3v) is 4.32. The fraction of sp³-hybridized carbons (Fsp3) is 0.583. The Morgan fingerprint density at radius 1 is 1.53 bits per heavy atom. The molecule has 0 aromatic carbocycles. The number of methoxy groups -OCH3 is 1. The molecule has 1 saturated heterocycles. The van der Waals surface area contributed by atoms with Gasteiger partial charge in [0.05, 0.1) is 17.0 Å². The molecule has 1 aliphatic heterocycles. The van der Waals surface area contributed by atoms with Gasteiger partial charge >= 0.3 is 0 Å². The highest BCUT2D eigenvalue weighted by Crippen LogP contribution is 2.20. The van der Waals surface area contributed by atoms with Crippen molar-refractivity contribution in [2.45, 2.75) is 26.0 Å². The standard InChI is InChI=1S/C12H18N2O2S/c1-7-4-11(17-8(7)2)12(15)14-9-5-13-6-10(9)16-3/h4,9-10,13H,5-6H2,1-3H3,(H,14,15)/t9?,10-/m0/s1. The first-order chi connectivity index (χ1) is 8.11. The van der Waals surface area contributed by atoms with E-state index in [-0.39, 0.29) is 18.1 Å². The van der Waals surface area contributed by atoms with Crippen LogP contribution in [0, 0.1) is 13.8 Å². The van der Waals surface area contributed by atoms with Gasteiger partial charge in [-0.05, 0) is 25.5 Å². The van der Waals surface area contributed by atoms with Gasteiger partial charge in [-0.25, -0.2) is 0 Å². The van der Waals surface area contributed by atoms with Crippen molar-refractivity contribution < 1.29 is 9.53 Å². The number of carbonyl (C=O) groups is 1. The van der Waals surface area contributed by atoms with Gasteiger partial charge in [0.1, 0.15) is 0 Å². The second kappa shape index (κ2) is 5.16. The van der Waals surface area contributed by atoms with Crippen molar-refractivity contribution in [1.82, 2.24) is 10.6 Å². The van der Waals surface area contributed by atoms with Crippen molar-refractivity contribution >= 4 is 17.2 Å². The quantitative estimate of drug-likeness (QED) is 0.848. The molecule has 0 bridgehead atoms. The highest BCUT2D eigenvalue weighted by Gasteiger charge is 2.28. The van der Waals surface area contributed by atoms with E-state index in [1.807, 2.05) is 19.9 Å². The molecule has 0 aliphatic carbocycles. The molecule has 2 N–H and O–H groups in total. The zero-order chi connectivity index (χ0) is 12.4. The maximum atomic E-state index is 12.0. The Balaban J connectivity index is 2.01. The normalized spacial score (nSPS) is 23.9. The first-order valence-corrected chi connectivity index (χ1v) is 6.55. The Bertz CT molecular complexity index is 397. The second-order valence-corrected chi connectivity index (χ2v) is 5.62. The largest absolute Gasteiger partial charge is 0.378 e. The van der Waals surface area contributed by atoms with Crippen LogP contribution in [0.5, 0.6) is 0 Å². The van der Waals surface area contributed by atoms with Crippen LogP contribution in [0.15, 0.2) is 6.07 Å². The molecule has 1 aromatic rings. The number of ether oxygens (including phenoxy) is 1. The predicted molar refractivity (Wildman–Crippen MR) is 68.7 cm³/mol. The Morgan fingerprint density at radius 2 is 2.29 bits per heavy atom. The van der Waals surface area contributed by atoms with E-state index < -0.39 is 0 Å². The van der Waals surface area contributed by atoms with Gasteiger partial charge in [0.2, 0.25) is 0 Å². The minimum Gasteiger partial charge on any atom is -0.378 e. The Hall–Kier alpha value is -0.910. The maximum Gasteiger partial charge on any atom is 0.261 e. The number of rotatable bonds is 3. The molecule has 94 valence electrons. The molecule has 4 nitrogen and oxygen atoms in total. The van der Waals surface area contributed by atoms with Crippen molar-refractivity contribution in [2.75, 3.05) is 20.2 Å². The summed E-state index contributed by atoms with van der Waals surface area (Å²) < 4.78 is 5.32. The molecule has 0 spiro atoms. The van der Waals surface area contributed by atoms with Gasteiger partial charge < -0.3 is 15.4 Å². The highest BCUT2D eigenvalue weighted by atomic mass is 32.1. The lowest BCUT2D eigenvalue weighted by atomic mass is 10.2. The summed E-state index contributed by atoms with van der Waals surface area (Å²) in [5.41, 5.74) is 1.17. The van der Waals surface area contributed by atoms with E-state index in [4.69, 9.17) is 4.74 Å². The first kappa shape index (κ1) is 12.5. The third kappa shape index (κ3) is 2.68. The molecule has 0 radical (unpaired) electrons. The van der Waals surface area contributed by atoms with Crippen LogP contribution in [0.3, 0.4) is 0 Å². The SMILES string of the molecule is CO[C@H]1CNCC1NC(=O)c1cc(C)c(C)s1. The number of amides is 1. The summed E-state index contributed by atoms with van der Waals surface area (Å²) in [6, 6.07) is 2.01. The average molecular weight is 254 g/mol. The lowest BCUT2D eigenvalue weighted by Gasteiger charge is -2.17. The first-order valence-electron chi connectivity index (χ1n) is 5.73. The van der Waals surface area contributed by atoms with Gasteiger partial charge in [-0.1, -0.05) is 0 Å². The van der Waals surface area contributed by atoms with E-state index in [0.29, 0.717) is 0 Å². The Kier molecular flexibility index (Phi) is 3.81. The van der Waals surface area contributed by atoms with E-state index in [2.05, 4.69) is 10.6 Å². The van der Waals surface area contributed by atoms with Crippen molar-refractivity contribution in [2.24, 2.45) is 0 Å². The lowest BCUT2D eigenvalue weighted by molar-refractivity contribution is 0.0782. The molecule has 1 aromatic heterocycles. The fourth-order valence-electron chi connectivity index (χ4n) is 1.97. The predicted octanol–water partition coefficient (Wildman–Crippen LogP) is 1.08. The van der Waals surface area contributed by atoms with E-state index >= 15 is 0 Å². The molecule has 1 amide bonds. The number of nitrogens with one attached hydrogen (secondary N) is 2. The molecule has 0 saturated carbocycles. The molecule has 2 rings (SSSR count). The number of carbonyl (C=O) groups excluding carboxylic acids is 1. The van der Waals surface area contributed by atoms with Gasteiger partial charge in [-0.3, -0.25) is 4.79 Å². The molecule has 2 atom stereocenters. The highest BCUT2D eigenvalue weighted by molar-refractivity contribution is 7.14. The van der Waals surface area contributed by atoms with Gasteiger partial charge in [0.15, 0.2) is 0 Å². The van der Waals surface area contributed by atoms with E-state index in [0.717, 1.165) is 18.0 Å². The average Bonchev–Trinajstić information content (AvgIpc) is 2.86. The number of thiophene rings is 1. The van der Waals surface area contributed by atoms with Crippen LogP contribution >= 0.6 is 11.3 Å². The van der Waals surface area contributed by atoms with Crippen LogP contribution in [0.1, 0.15) is 20.1 Å². The van der Waals surface area contributed by atoms with Crippen molar-refractivity contribution in [3.05, 3.63) is 21.4 Å². The lowest BCUT2D eigenvalue weighted by Crippen LogP contribution is -2.43. The summed E-state index contributed by atoms with van der Waals surface area (Å²) in [5.74, 6) is 0.00181. The van der Waals surface area contributed by atoms with Crippen molar-refractivity contribution in [3.8, 4) is 0 Å². The molecule has 2 heterocycles. The summed E-state index contributed by atoms with van der Waals surface area (Å²) in [6.07, 6.45) is 0.0705. The summed E-state index contributed by atoms with van der Waals surface area (Å²) in [6.45, 7) is 5.63. The second-order valence-electron chi connectivity index (χ2n) is 4.36. The smallest absolute Gasteiger partial charge is 0.261 e. The zero-order valence-electron chi connectivity index (χ0n) is 10.4. The van der Waals surface area contributed by atoms with Crippen LogP contribution in [-0.4, -0.2) is 38.3 Å². The number of hydrogen-bond donors (Lipinski definition) is 2.